The summed E-state index contributed by atoms with van der Waals surface area (Å²) < 4.78 is 0. The number of carbonyl (C=O) groups excluding carboxylic acids is 1. The van der Waals surface area contributed by atoms with Crippen molar-refractivity contribution >= 4 is 5.91 Å². The Labute approximate surface area is 97.8 Å². The lowest BCUT2D eigenvalue weighted by Gasteiger charge is -2.43. The molecule has 2 saturated heterocycles. The van der Waals surface area contributed by atoms with Crippen LogP contribution in [-0.4, -0.2) is 46.9 Å². The second kappa shape index (κ2) is 3.73. The largest absolute Gasteiger partial charge is 0.339 e. The lowest BCUT2D eigenvalue weighted by atomic mass is 10.1. The van der Waals surface area contributed by atoms with Crippen LogP contribution in [0.25, 0.3) is 0 Å². The Balaban J connectivity index is 1.69. The molecule has 0 aromatic heterocycles. The van der Waals surface area contributed by atoms with Crippen LogP contribution in [0.4, 0.5) is 0 Å². The fourth-order valence-corrected chi connectivity index (χ4v) is 3.55. The highest BCUT2D eigenvalue weighted by Gasteiger charge is 2.44. The molecule has 16 heavy (non-hydrogen) atoms. The Bertz CT molecular complexity index is 284. The Hall–Kier alpha value is -0.570. The van der Waals surface area contributed by atoms with Gasteiger partial charge in [0, 0.05) is 37.1 Å². The summed E-state index contributed by atoms with van der Waals surface area (Å²) in [5.74, 6) is 0.838. The molecule has 3 heteroatoms. The average molecular weight is 222 g/mol. The molecule has 2 heterocycles. The minimum atomic E-state index is 0.394. The van der Waals surface area contributed by atoms with Crippen molar-refractivity contribution in [1.82, 2.24) is 9.80 Å². The number of fused-ring (bicyclic) bond motifs is 2. The number of piperazine rings is 1. The molecule has 3 fully saturated rings. The van der Waals surface area contributed by atoms with Gasteiger partial charge < -0.3 is 4.90 Å². The zero-order chi connectivity index (χ0) is 11.3. The summed E-state index contributed by atoms with van der Waals surface area (Å²) in [4.78, 5) is 16.9. The molecule has 90 valence electrons. The maximum Gasteiger partial charge on any atom is 0.225 e. The monoisotopic (exact) mass is 222 g/mol. The number of likely N-dealkylation sites (tertiary alicyclic amines) is 1. The van der Waals surface area contributed by atoms with Gasteiger partial charge >= 0.3 is 0 Å². The Morgan fingerprint density at radius 2 is 1.62 bits per heavy atom. The molecule has 3 nitrogen and oxygen atoms in total. The van der Waals surface area contributed by atoms with Gasteiger partial charge in [-0.3, -0.25) is 9.69 Å². The zero-order valence-electron chi connectivity index (χ0n) is 10.4. The molecule has 0 N–H and O–H groups in total. The van der Waals surface area contributed by atoms with Gasteiger partial charge in [0.15, 0.2) is 0 Å². The first-order valence-electron chi connectivity index (χ1n) is 6.73. The molecule has 2 atom stereocenters. The molecule has 2 aliphatic heterocycles. The topological polar surface area (TPSA) is 23.6 Å². The second-order valence-electron chi connectivity index (χ2n) is 5.94. The first kappa shape index (κ1) is 10.6. The SMILES string of the molecule is CC(C)N1C2CCC1CN(C(=O)C1CC1)C2. The highest BCUT2D eigenvalue weighted by atomic mass is 16.2. The van der Waals surface area contributed by atoms with Crippen LogP contribution in [-0.2, 0) is 4.79 Å². The molecule has 3 rings (SSSR count). The number of hydrogen-bond acceptors (Lipinski definition) is 2. The number of amides is 1. The van der Waals surface area contributed by atoms with Gasteiger partial charge in [-0.25, -0.2) is 0 Å². The number of carbonyl (C=O) groups is 1. The first-order valence-corrected chi connectivity index (χ1v) is 6.73. The van der Waals surface area contributed by atoms with Crippen molar-refractivity contribution in [2.24, 2.45) is 5.92 Å². The second-order valence-corrected chi connectivity index (χ2v) is 5.94. The molecular weight excluding hydrogens is 200 g/mol. The molecule has 0 aromatic rings. The third-order valence-corrected chi connectivity index (χ3v) is 4.37. The van der Waals surface area contributed by atoms with Crippen LogP contribution in [0.2, 0.25) is 0 Å². The molecule has 0 spiro atoms. The Morgan fingerprint density at radius 3 is 2.06 bits per heavy atom. The van der Waals surface area contributed by atoms with Gasteiger partial charge in [0.05, 0.1) is 0 Å². The van der Waals surface area contributed by atoms with E-state index in [1.807, 2.05) is 0 Å². The molecular formula is C13H22N2O. The maximum absolute atomic E-state index is 12.1. The zero-order valence-corrected chi connectivity index (χ0v) is 10.4. The lowest BCUT2D eigenvalue weighted by Crippen LogP contribution is -2.57. The fourth-order valence-electron chi connectivity index (χ4n) is 3.55. The first-order chi connectivity index (χ1) is 7.66. The van der Waals surface area contributed by atoms with Gasteiger partial charge in [0.1, 0.15) is 0 Å². The molecule has 1 amide bonds. The molecule has 0 aromatic carbocycles. The summed E-state index contributed by atoms with van der Waals surface area (Å²) in [6, 6.07) is 1.92. The van der Waals surface area contributed by atoms with Crippen molar-refractivity contribution in [1.29, 1.82) is 0 Å². The number of hydrogen-bond donors (Lipinski definition) is 0. The number of nitrogens with zero attached hydrogens (tertiary/aromatic N) is 2. The number of rotatable bonds is 2. The van der Waals surface area contributed by atoms with Crippen molar-refractivity contribution in [3.8, 4) is 0 Å². The van der Waals surface area contributed by atoms with Crippen LogP contribution in [0.3, 0.4) is 0 Å². The summed E-state index contributed by atoms with van der Waals surface area (Å²) in [6.45, 7) is 6.54. The average Bonchev–Trinajstić information content (AvgIpc) is 3.04. The summed E-state index contributed by atoms with van der Waals surface area (Å²) in [5, 5.41) is 0. The third-order valence-electron chi connectivity index (χ3n) is 4.37. The van der Waals surface area contributed by atoms with E-state index in [9.17, 15) is 4.79 Å². The van der Waals surface area contributed by atoms with E-state index in [-0.39, 0.29) is 0 Å². The van der Waals surface area contributed by atoms with Crippen molar-refractivity contribution in [2.75, 3.05) is 13.1 Å². The van der Waals surface area contributed by atoms with Crippen LogP contribution < -0.4 is 0 Å². The smallest absolute Gasteiger partial charge is 0.225 e. The van der Waals surface area contributed by atoms with Crippen LogP contribution in [0.5, 0.6) is 0 Å². The molecule has 0 radical (unpaired) electrons. The highest BCUT2D eigenvalue weighted by molar-refractivity contribution is 5.81. The van der Waals surface area contributed by atoms with Crippen molar-refractivity contribution in [3.63, 3.8) is 0 Å². The van der Waals surface area contributed by atoms with E-state index in [4.69, 9.17) is 0 Å². The summed E-state index contributed by atoms with van der Waals surface area (Å²) in [6.07, 6.45) is 4.85. The van der Waals surface area contributed by atoms with Crippen LogP contribution in [0.15, 0.2) is 0 Å². The summed E-state index contributed by atoms with van der Waals surface area (Å²) in [5.41, 5.74) is 0. The lowest BCUT2D eigenvalue weighted by molar-refractivity contribution is -0.136. The van der Waals surface area contributed by atoms with Gasteiger partial charge in [-0.05, 0) is 39.5 Å². The quantitative estimate of drug-likeness (QED) is 0.706. The Morgan fingerprint density at radius 1 is 1.06 bits per heavy atom. The van der Waals surface area contributed by atoms with Crippen LogP contribution >= 0.6 is 0 Å². The molecule has 3 aliphatic rings. The van der Waals surface area contributed by atoms with Crippen molar-refractivity contribution in [3.05, 3.63) is 0 Å². The van der Waals surface area contributed by atoms with Gasteiger partial charge in [-0.2, -0.15) is 0 Å². The summed E-state index contributed by atoms with van der Waals surface area (Å²) >= 11 is 0. The van der Waals surface area contributed by atoms with E-state index < -0.39 is 0 Å². The third kappa shape index (κ3) is 1.65. The predicted octanol–water partition coefficient (Wildman–Crippen LogP) is 1.48. The summed E-state index contributed by atoms with van der Waals surface area (Å²) in [7, 11) is 0. The van der Waals surface area contributed by atoms with E-state index >= 15 is 0 Å². The maximum atomic E-state index is 12.1. The van der Waals surface area contributed by atoms with E-state index in [0.29, 0.717) is 30.0 Å². The molecule has 2 unspecified atom stereocenters. The van der Waals surface area contributed by atoms with E-state index in [0.717, 1.165) is 25.9 Å². The van der Waals surface area contributed by atoms with E-state index in [1.165, 1.54) is 12.8 Å². The predicted molar refractivity (Wildman–Crippen MR) is 63.1 cm³/mol. The van der Waals surface area contributed by atoms with E-state index in [1.54, 1.807) is 0 Å². The molecule has 1 saturated carbocycles. The Kier molecular flexibility index (Phi) is 2.46. The van der Waals surface area contributed by atoms with Gasteiger partial charge in [0.25, 0.3) is 0 Å². The van der Waals surface area contributed by atoms with Crippen molar-refractivity contribution < 1.29 is 4.79 Å². The van der Waals surface area contributed by atoms with E-state index in [2.05, 4.69) is 23.6 Å². The molecule has 1 aliphatic carbocycles. The van der Waals surface area contributed by atoms with Crippen molar-refractivity contribution in [2.45, 2.75) is 57.7 Å². The highest BCUT2D eigenvalue weighted by Crippen LogP contribution is 2.36. The van der Waals surface area contributed by atoms with Gasteiger partial charge in [-0.15, -0.1) is 0 Å². The van der Waals surface area contributed by atoms with Crippen LogP contribution in [0, 0.1) is 5.92 Å². The minimum absolute atomic E-state index is 0.394. The normalized spacial score (nSPS) is 34.8. The van der Waals surface area contributed by atoms with Gasteiger partial charge in [-0.1, -0.05) is 0 Å². The molecule has 2 bridgehead atoms. The standard InChI is InChI=1S/C13H22N2O/c1-9(2)15-11-5-6-12(15)8-14(7-11)13(16)10-3-4-10/h9-12H,3-8H2,1-2H3. The van der Waals surface area contributed by atoms with Gasteiger partial charge in [0.2, 0.25) is 5.91 Å². The van der Waals surface area contributed by atoms with Crippen LogP contribution in [0.1, 0.15) is 39.5 Å². The fraction of sp³-hybridized carbons (Fsp3) is 0.923. The minimum Gasteiger partial charge on any atom is -0.339 e.